The Morgan fingerprint density at radius 1 is 0.905 bits per heavy atom. The average Bonchev–Trinajstić information content (AvgIpc) is 2.49. The van der Waals surface area contributed by atoms with E-state index in [-0.39, 0.29) is 36.0 Å². The summed E-state index contributed by atoms with van der Waals surface area (Å²) < 4.78 is 10.6. The molecule has 0 aliphatic heterocycles. The molecule has 0 amide bonds. The Bertz CT molecular complexity index is 352. The number of hydrogen-bond donors (Lipinski definition) is 1. The number of aliphatic hydroxyl groups is 1. The summed E-state index contributed by atoms with van der Waals surface area (Å²) in [5.74, 6) is -0.342. The summed E-state index contributed by atoms with van der Waals surface area (Å²) in [4.78, 5) is 23.7. The second kappa shape index (κ2) is 7.78. The lowest BCUT2D eigenvalue weighted by atomic mass is 9.86. The summed E-state index contributed by atoms with van der Waals surface area (Å²) in [7, 11) is 0. The van der Waals surface area contributed by atoms with Crippen molar-refractivity contribution in [2.75, 3.05) is 6.61 Å². The van der Waals surface area contributed by atoms with Crippen LogP contribution in [0.5, 0.6) is 0 Å². The standard InChI is InChI=1S/C16H26O5/c1-2-20-15(18)11-5-9-14(10-6-11)21-16(19)12-3-7-13(17)8-4-12/h11-14,17H,2-10H2,1H3. The van der Waals surface area contributed by atoms with E-state index in [0.29, 0.717) is 19.4 Å². The van der Waals surface area contributed by atoms with E-state index < -0.39 is 0 Å². The maximum absolute atomic E-state index is 12.1. The Labute approximate surface area is 126 Å². The van der Waals surface area contributed by atoms with Crippen molar-refractivity contribution in [1.29, 1.82) is 0 Å². The van der Waals surface area contributed by atoms with Gasteiger partial charge in [-0.15, -0.1) is 0 Å². The number of rotatable bonds is 4. The maximum Gasteiger partial charge on any atom is 0.309 e. The van der Waals surface area contributed by atoms with Crippen molar-refractivity contribution in [2.45, 2.75) is 70.5 Å². The number of aliphatic hydroxyl groups excluding tert-OH is 1. The van der Waals surface area contributed by atoms with Crippen molar-refractivity contribution in [3.63, 3.8) is 0 Å². The molecule has 0 radical (unpaired) electrons. The molecule has 0 spiro atoms. The molecule has 0 aromatic heterocycles. The third-order valence-corrected chi connectivity index (χ3v) is 4.61. The highest BCUT2D eigenvalue weighted by Gasteiger charge is 2.32. The molecule has 2 saturated carbocycles. The molecule has 2 aliphatic carbocycles. The predicted molar refractivity (Wildman–Crippen MR) is 76.4 cm³/mol. The normalized spacial score (nSPS) is 33.2. The summed E-state index contributed by atoms with van der Waals surface area (Å²) >= 11 is 0. The van der Waals surface area contributed by atoms with Crippen LogP contribution in [0.3, 0.4) is 0 Å². The Morgan fingerprint density at radius 2 is 1.43 bits per heavy atom. The molecule has 0 unspecified atom stereocenters. The van der Waals surface area contributed by atoms with Crippen molar-refractivity contribution in [2.24, 2.45) is 11.8 Å². The largest absolute Gasteiger partial charge is 0.466 e. The van der Waals surface area contributed by atoms with Crippen LogP contribution < -0.4 is 0 Å². The van der Waals surface area contributed by atoms with Crippen molar-refractivity contribution in [1.82, 2.24) is 0 Å². The third kappa shape index (κ3) is 4.70. The Balaban J connectivity index is 1.70. The zero-order chi connectivity index (χ0) is 15.2. The van der Waals surface area contributed by atoms with Gasteiger partial charge in [0.15, 0.2) is 0 Å². The van der Waals surface area contributed by atoms with E-state index >= 15 is 0 Å². The summed E-state index contributed by atoms with van der Waals surface area (Å²) in [6, 6.07) is 0. The van der Waals surface area contributed by atoms with Gasteiger partial charge in [0.25, 0.3) is 0 Å². The second-order valence-corrected chi connectivity index (χ2v) is 6.17. The smallest absolute Gasteiger partial charge is 0.309 e. The van der Waals surface area contributed by atoms with Gasteiger partial charge in [-0.3, -0.25) is 9.59 Å². The lowest BCUT2D eigenvalue weighted by Crippen LogP contribution is -2.32. The van der Waals surface area contributed by atoms with E-state index in [0.717, 1.165) is 38.5 Å². The molecule has 0 heterocycles. The molecule has 21 heavy (non-hydrogen) atoms. The van der Waals surface area contributed by atoms with Gasteiger partial charge in [0, 0.05) is 0 Å². The van der Waals surface area contributed by atoms with E-state index in [4.69, 9.17) is 9.47 Å². The van der Waals surface area contributed by atoms with E-state index in [9.17, 15) is 14.7 Å². The topological polar surface area (TPSA) is 72.8 Å². The summed E-state index contributed by atoms with van der Waals surface area (Å²) in [6.45, 7) is 2.23. The van der Waals surface area contributed by atoms with Crippen LogP contribution in [-0.2, 0) is 19.1 Å². The lowest BCUT2D eigenvalue weighted by Gasteiger charge is -2.30. The van der Waals surface area contributed by atoms with E-state index in [1.807, 2.05) is 6.92 Å². The van der Waals surface area contributed by atoms with Crippen LogP contribution in [0.2, 0.25) is 0 Å². The fourth-order valence-electron chi connectivity index (χ4n) is 3.25. The minimum absolute atomic E-state index is 0.0373. The van der Waals surface area contributed by atoms with Gasteiger partial charge in [-0.25, -0.2) is 0 Å². The first kappa shape index (κ1) is 16.3. The highest BCUT2D eigenvalue weighted by atomic mass is 16.5. The van der Waals surface area contributed by atoms with Crippen LogP contribution in [0, 0.1) is 11.8 Å². The van der Waals surface area contributed by atoms with Crippen LogP contribution in [0.25, 0.3) is 0 Å². The van der Waals surface area contributed by atoms with Crippen molar-refractivity contribution in [3.05, 3.63) is 0 Å². The van der Waals surface area contributed by atoms with Crippen LogP contribution in [-0.4, -0.2) is 35.9 Å². The highest BCUT2D eigenvalue weighted by molar-refractivity contribution is 5.73. The quantitative estimate of drug-likeness (QED) is 0.806. The van der Waals surface area contributed by atoms with Gasteiger partial charge >= 0.3 is 11.9 Å². The van der Waals surface area contributed by atoms with E-state index in [2.05, 4.69) is 0 Å². The molecule has 1 N–H and O–H groups in total. The number of esters is 2. The van der Waals surface area contributed by atoms with E-state index in [1.165, 1.54) is 0 Å². The molecule has 5 nitrogen and oxygen atoms in total. The van der Waals surface area contributed by atoms with Crippen LogP contribution in [0.1, 0.15) is 58.3 Å². The third-order valence-electron chi connectivity index (χ3n) is 4.61. The van der Waals surface area contributed by atoms with E-state index in [1.54, 1.807) is 0 Å². The molecule has 120 valence electrons. The highest BCUT2D eigenvalue weighted by Crippen LogP contribution is 2.30. The van der Waals surface area contributed by atoms with Gasteiger partial charge < -0.3 is 14.6 Å². The van der Waals surface area contributed by atoms with Crippen LogP contribution >= 0.6 is 0 Å². The summed E-state index contributed by atoms with van der Waals surface area (Å²) in [5.41, 5.74) is 0. The van der Waals surface area contributed by atoms with Gasteiger partial charge in [0.2, 0.25) is 0 Å². The Morgan fingerprint density at radius 3 is 2.00 bits per heavy atom. The predicted octanol–water partition coefficient (Wildman–Crippen LogP) is 2.20. The van der Waals surface area contributed by atoms with Gasteiger partial charge in [-0.2, -0.15) is 0 Å². The number of carbonyl (C=O) groups excluding carboxylic acids is 2. The van der Waals surface area contributed by atoms with Gasteiger partial charge in [0.1, 0.15) is 6.10 Å². The fourth-order valence-corrected chi connectivity index (χ4v) is 3.25. The molecule has 2 aliphatic rings. The first-order chi connectivity index (χ1) is 10.1. The van der Waals surface area contributed by atoms with Crippen molar-refractivity contribution >= 4 is 11.9 Å². The molecular formula is C16H26O5. The molecule has 0 saturated heterocycles. The zero-order valence-electron chi connectivity index (χ0n) is 12.8. The SMILES string of the molecule is CCOC(=O)C1CCC(OC(=O)C2CCC(O)CC2)CC1. The summed E-state index contributed by atoms with van der Waals surface area (Å²) in [6.07, 6.45) is 5.46. The molecular weight excluding hydrogens is 272 g/mol. The first-order valence-electron chi connectivity index (χ1n) is 8.15. The van der Waals surface area contributed by atoms with Gasteiger partial charge in [0.05, 0.1) is 24.5 Å². The number of ether oxygens (including phenoxy) is 2. The monoisotopic (exact) mass is 298 g/mol. The molecule has 2 fully saturated rings. The number of carbonyl (C=O) groups is 2. The van der Waals surface area contributed by atoms with Crippen molar-refractivity contribution in [3.8, 4) is 0 Å². The second-order valence-electron chi connectivity index (χ2n) is 6.17. The zero-order valence-corrected chi connectivity index (χ0v) is 12.8. The van der Waals surface area contributed by atoms with Crippen molar-refractivity contribution < 1.29 is 24.2 Å². The van der Waals surface area contributed by atoms with Crippen LogP contribution in [0.15, 0.2) is 0 Å². The Kier molecular flexibility index (Phi) is 6.03. The lowest BCUT2D eigenvalue weighted by molar-refractivity contribution is -0.159. The number of hydrogen-bond acceptors (Lipinski definition) is 5. The molecule has 0 aromatic rings. The minimum atomic E-state index is -0.255. The summed E-state index contributed by atoms with van der Waals surface area (Å²) in [5, 5.41) is 9.46. The van der Waals surface area contributed by atoms with Gasteiger partial charge in [-0.05, 0) is 58.3 Å². The molecule has 0 bridgehead atoms. The molecule has 5 heteroatoms. The first-order valence-corrected chi connectivity index (χ1v) is 8.15. The molecule has 0 aromatic carbocycles. The van der Waals surface area contributed by atoms with Gasteiger partial charge in [-0.1, -0.05) is 0 Å². The molecule has 0 atom stereocenters. The Hall–Kier alpha value is -1.10. The maximum atomic E-state index is 12.1. The van der Waals surface area contributed by atoms with Crippen LogP contribution in [0.4, 0.5) is 0 Å². The minimum Gasteiger partial charge on any atom is -0.466 e. The molecule has 2 rings (SSSR count). The average molecular weight is 298 g/mol. The fraction of sp³-hybridized carbons (Fsp3) is 0.875.